The van der Waals surface area contributed by atoms with E-state index in [2.05, 4.69) is 10.1 Å². The summed E-state index contributed by atoms with van der Waals surface area (Å²) < 4.78 is 61.6. The van der Waals surface area contributed by atoms with E-state index in [-0.39, 0.29) is 43.2 Å². The minimum absolute atomic E-state index is 0.114. The smallest absolute Gasteiger partial charge is 0.486 e. The van der Waals surface area contributed by atoms with Crippen LogP contribution in [0.15, 0.2) is 48.7 Å². The number of amides is 2. The number of nitrogens with one attached hydrogen (secondary N) is 2. The van der Waals surface area contributed by atoms with Gasteiger partial charge in [0.05, 0.1) is 18.5 Å². The van der Waals surface area contributed by atoms with Crippen LogP contribution in [-0.2, 0) is 11.2 Å². The zero-order chi connectivity index (χ0) is 27.2. The molecule has 198 valence electrons. The molecule has 12 heteroatoms. The highest BCUT2D eigenvalue weighted by atomic mass is 19.4. The van der Waals surface area contributed by atoms with E-state index < -0.39 is 30.3 Å². The van der Waals surface area contributed by atoms with Crippen molar-refractivity contribution in [3.8, 4) is 11.5 Å². The van der Waals surface area contributed by atoms with E-state index in [1.165, 1.54) is 42.4 Å². The Morgan fingerprint density at radius 1 is 1.22 bits per heavy atom. The summed E-state index contributed by atoms with van der Waals surface area (Å²) in [6.45, 7) is -0.0412. The fourth-order valence-corrected chi connectivity index (χ4v) is 3.85. The van der Waals surface area contributed by atoms with Crippen LogP contribution in [0.25, 0.3) is 5.57 Å². The molecule has 1 aliphatic rings. The van der Waals surface area contributed by atoms with Gasteiger partial charge in [0.25, 0.3) is 5.91 Å². The number of ether oxygens (including phenoxy) is 2. The van der Waals surface area contributed by atoms with Crippen molar-refractivity contribution < 1.29 is 36.6 Å². The van der Waals surface area contributed by atoms with Crippen molar-refractivity contribution in [2.75, 3.05) is 20.1 Å². The van der Waals surface area contributed by atoms with E-state index in [1.54, 1.807) is 6.07 Å². The number of benzene rings is 2. The van der Waals surface area contributed by atoms with Crippen molar-refractivity contribution in [2.24, 2.45) is 5.73 Å². The predicted molar refractivity (Wildman–Crippen MR) is 128 cm³/mol. The van der Waals surface area contributed by atoms with Crippen LogP contribution in [0.3, 0.4) is 0 Å². The van der Waals surface area contributed by atoms with Gasteiger partial charge in [0.15, 0.2) is 6.17 Å². The first-order valence-electron chi connectivity index (χ1n) is 11.3. The Bertz CT molecular complexity index is 1170. The van der Waals surface area contributed by atoms with Gasteiger partial charge in [-0.1, -0.05) is 18.2 Å². The maximum absolute atomic E-state index is 15.0. The lowest BCUT2D eigenvalue weighted by Gasteiger charge is -2.35. The zero-order valence-corrected chi connectivity index (χ0v) is 19.8. The Labute approximate surface area is 210 Å². The first-order chi connectivity index (χ1) is 17.5. The number of carbonyl (C=O) groups excluding carboxylic acids is 2. The van der Waals surface area contributed by atoms with Gasteiger partial charge in [-0.25, -0.2) is 4.39 Å². The average Bonchev–Trinajstić information content (AvgIpc) is 2.86. The molecule has 2 atom stereocenters. The zero-order valence-electron chi connectivity index (χ0n) is 19.8. The molecular formula is C25H26F4N4O4. The number of nitrogens with two attached hydrogens (primary N) is 1. The number of piperidine rings is 1. The highest BCUT2D eigenvalue weighted by Crippen LogP contribution is 2.28. The van der Waals surface area contributed by atoms with Gasteiger partial charge in [-0.3, -0.25) is 9.59 Å². The van der Waals surface area contributed by atoms with Gasteiger partial charge < -0.3 is 30.8 Å². The van der Waals surface area contributed by atoms with Crippen molar-refractivity contribution in [3.05, 3.63) is 65.4 Å². The van der Waals surface area contributed by atoms with Crippen molar-refractivity contribution >= 4 is 23.6 Å². The summed E-state index contributed by atoms with van der Waals surface area (Å²) in [6.07, 6.45) is -4.95. The lowest BCUT2D eigenvalue weighted by Crippen LogP contribution is -2.49. The fourth-order valence-electron chi connectivity index (χ4n) is 3.85. The highest BCUT2D eigenvalue weighted by molar-refractivity contribution is 6.09. The van der Waals surface area contributed by atoms with Crippen LogP contribution in [0, 0.1) is 5.41 Å². The second-order valence-electron chi connectivity index (χ2n) is 8.23. The molecule has 0 bridgehead atoms. The quantitative estimate of drug-likeness (QED) is 0.363. The number of rotatable bonds is 8. The first-order valence-corrected chi connectivity index (χ1v) is 11.3. The molecule has 0 saturated carbocycles. The third-order valence-corrected chi connectivity index (χ3v) is 5.74. The molecule has 2 aromatic rings. The van der Waals surface area contributed by atoms with Crippen LogP contribution in [0.1, 0.15) is 27.9 Å². The van der Waals surface area contributed by atoms with Gasteiger partial charge in [0.1, 0.15) is 17.6 Å². The van der Waals surface area contributed by atoms with Crippen molar-refractivity contribution in [1.29, 1.82) is 5.41 Å². The first kappa shape index (κ1) is 27.5. The van der Waals surface area contributed by atoms with E-state index in [9.17, 15) is 22.8 Å². The van der Waals surface area contributed by atoms with E-state index in [0.717, 1.165) is 18.3 Å². The molecule has 1 aliphatic heterocycles. The van der Waals surface area contributed by atoms with E-state index in [1.807, 2.05) is 0 Å². The molecule has 2 aromatic carbocycles. The van der Waals surface area contributed by atoms with Crippen molar-refractivity contribution in [2.45, 2.75) is 31.5 Å². The number of hydrogen-bond acceptors (Lipinski definition) is 6. The molecule has 37 heavy (non-hydrogen) atoms. The molecule has 1 heterocycles. The van der Waals surface area contributed by atoms with E-state index in [4.69, 9.17) is 15.9 Å². The molecule has 1 saturated heterocycles. The summed E-state index contributed by atoms with van der Waals surface area (Å²) >= 11 is 0. The number of likely N-dealkylation sites (tertiary alicyclic amines) is 1. The second-order valence-corrected chi connectivity index (χ2v) is 8.23. The molecule has 0 aliphatic carbocycles. The molecule has 4 N–H and O–H groups in total. The molecule has 0 spiro atoms. The number of alkyl halides is 4. The van der Waals surface area contributed by atoms with Crippen molar-refractivity contribution in [3.63, 3.8) is 0 Å². The van der Waals surface area contributed by atoms with Gasteiger partial charge in [0, 0.05) is 38.0 Å². The van der Waals surface area contributed by atoms with Gasteiger partial charge in [-0.05, 0) is 35.4 Å². The molecule has 3 rings (SSSR count). The lowest BCUT2D eigenvalue weighted by atomic mass is 10.0. The minimum atomic E-state index is -4.81. The van der Waals surface area contributed by atoms with Gasteiger partial charge in [-0.2, -0.15) is 0 Å². The second kappa shape index (κ2) is 11.8. The van der Waals surface area contributed by atoms with Gasteiger partial charge in [0.2, 0.25) is 5.91 Å². The molecule has 8 nitrogen and oxygen atoms in total. The third kappa shape index (κ3) is 7.21. The Balaban J connectivity index is 1.64. The fraction of sp³-hybridized carbons (Fsp3) is 0.320. The lowest BCUT2D eigenvalue weighted by molar-refractivity contribution is -0.274. The van der Waals surface area contributed by atoms with Crippen LogP contribution < -0.4 is 20.5 Å². The Hall–Kier alpha value is -4.09. The molecular weight excluding hydrogens is 496 g/mol. The standard InChI is InChI=1S/C25H26F4N4O4/c1-32-24(35)19-11-16(17(12-30)13-31)4-7-21(19)36-22-8-9-33(14-20(22)26)23(34)10-15-2-5-18(6-3-15)37-25(27,28)29/h2-7,11-13,20,22,30H,8-10,14,31H2,1H3,(H,32,35)/b17-13+,30-12?. The third-order valence-electron chi connectivity index (χ3n) is 5.74. The maximum atomic E-state index is 15.0. The van der Waals surface area contributed by atoms with Crippen LogP contribution in [-0.4, -0.2) is 61.7 Å². The van der Waals surface area contributed by atoms with Crippen molar-refractivity contribution in [1.82, 2.24) is 10.2 Å². The monoisotopic (exact) mass is 522 g/mol. The summed E-state index contributed by atoms with van der Waals surface area (Å²) in [5.41, 5.74) is 7.02. The summed E-state index contributed by atoms with van der Waals surface area (Å²) in [5.74, 6) is -1.10. The van der Waals surface area contributed by atoms with Gasteiger partial charge in [-0.15, -0.1) is 13.2 Å². The molecule has 2 amide bonds. The van der Waals surface area contributed by atoms with Crippen LogP contribution in [0.4, 0.5) is 17.6 Å². The minimum Gasteiger partial charge on any atom is -0.486 e. The predicted octanol–water partition coefficient (Wildman–Crippen LogP) is 3.45. The molecule has 0 radical (unpaired) electrons. The number of halogens is 4. The Morgan fingerprint density at radius 3 is 2.49 bits per heavy atom. The van der Waals surface area contributed by atoms with Gasteiger partial charge >= 0.3 is 6.36 Å². The molecule has 0 aromatic heterocycles. The largest absolute Gasteiger partial charge is 0.573 e. The number of allylic oxidation sites excluding steroid dienone is 1. The normalized spacial score (nSPS) is 18.2. The number of nitrogens with zero attached hydrogens (tertiary/aromatic N) is 1. The van der Waals surface area contributed by atoms with Crippen LogP contribution in [0.5, 0.6) is 11.5 Å². The number of carbonyl (C=O) groups is 2. The van der Waals surface area contributed by atoms with Crippen LogP contribution in [0.2, 0.25) is 0 Å². The van der Waals surface area contributed by atoms with Crippen LogP contribution >= 0.6 is 0 Å². The molecule has 1 fully saturated rings. The topological polar surface area (TPSA) is 118 Å². The summed E-state index contributed by atoms with van der Waals surface area (Å²) in [4.78, 5) is 26.4. The Morgan fingerprint density at radius 2 is 1.92 bits per heavy atom. The summed E-state index contributed by atoms with van der Waals surface area (Å²) in [5, 5.41) is 9.93. The van der Waals surface area contributed by atoms with E-state index >= 15 is 4.39 Å². The molecule has 2 unspecified atom stereocenters. The van der Waals surface area contributed by atoms with E-state index in [0.29, 0.717) is 16.7 Å². The maximum Gasteiger partial charge on any atom is 0.573 e. The highest BCUT2D eigenvalue weighted by Gasteiger charge is 2.34. The number of hydrogen-bond donors (Lipinski definition) is 3. The average molecular weight is 522 g/mol. The summed E-state index contributed by atoms with van der Waals surface area (Å²) in [6, 6.07) is 9.50. The SMILES string of the molecule is CNC(=O)c1cc(/C(C=N)=C/N)ccc1OC1CCN(C(=O)Cc2ccc(OC(F)(F)F)cc2)CC1F. The Kier molecular flexibility index (Phi) is 8.74. The summed E-state index contributed by atoms with van der Waals surface area (Å²) in [7, 11) is 1.44.